The van der Waals surface area contributed by atoms with E-state index in [0.717, 1.165) is 0 Å². The molecular formula is C12H23N. The molecule has 0 bridgehead atoms. The molecule has 0 saturated heterocycles. The fourth-order valence-corrected chi connectivity index (χ4v) is 2.01. The SMILES string of the molecule is CCCCCCC(N)C1=CCCC1. The minimum Gasteiger partial charge on any atom is -0.324 e. The summed E-state index contributed by atoms with van der Waals surface area (Å²) < 4.78 is 0. The molecular weight excluding hydrogens is 158 g/mol. The molecule has 0 spiro atoms. The van der Waals surface area contributed by atoms with E-state index in [4.69, 9.17) is 5.73 Å². The van der Waals surface area contributed by atoms with Crippen molar-refractivity contribution in [2.24, 2.45) is 5.73 Å². The maximum Gasteiger partial charge on any atom is 0.0253 e. The van der Waals surface area contributed by atoms with Gasteiger partial charge < -0.3 is 5.73 Å². The molecule has 0 aromatic carbocycles. The second-order valence-electron chi connectivity index (χ2n) is 4.13. The Balaban J connectivity index is 2.06. The molecule has 1 unspecified atom stereocenters. The summed E-state index contributed by atoms with van der Waals surface area (Å²) in [5.74, 6) is 0. The van der Waals surface area contributed by atoms with Crippen LogP contribution in [0.3, 0.4) is 0 Å². The lowest BCUT2D eigenvalue weighted by atomic mass is 10.0. The van der Waals surface area contributed by atoms with Crippen LogP contribution in [-0.4, -0.2) is 6.04 Å². The summed E-state index contributed by atoms with van der Waals surface area (Å²) in [5.41, 5.74) is 7.62. The van der Waals surface area contributed by atoms with Gasteiger partial charge in [-0.3, -0.25) is 0 Å². The van der Waals surface area contributed by atoms with Gasteiger partial charge in [-0.15, -0.1) is 0 Å². The number of unbranched alkanes of at least 4 members (excludes halogenated alkanes) is 3. The van der Waals surface area contributed by atoms with Gasteiger partial charge in [-0.05, 0) is 25.7 Å². The summed E-state index contributed by atoms with van der Waals surface area (Å²) in [7, 11) is 0. The van der Waals surface area contributed by atoms with Crippen LogP contribution in [0.5, 0.6) is 0 Å². The molecule has 0 aliphatic heterocycles. The Morgan fingerprint density at radius 3 is 2.85 bits per heavy atom. The van der Waals surface area contributed by atoms with Crippen molar-refractivity contribution < 1.29 is 0 Å². The fraction of sp³-hybridized carbons (Fsp3) is 0.833. The Labute approximate surface area is 82.4 Å². The van der Waals surface area contributed by atoms with Crippen molar-refractivity contribution in [1.29, 1.82) is 0 Å². The van der Waals surface area contributed by atoms with E-state index in [2.05, 4.69) is 13.0 Å². The first-order valence-corrected chi connectivity index (χ1v) is 5.79. The van der Waals surface area contributed by atoms with Crippen LogP contribution in [0.2, 0.25) is 0 Å². The smallest absolute Gasteiger partial charge is 0.0253 e. The van der Waals surface area contributed by atoms with Gasteiger partial charge in [0.2, 0.25) is 0 Å². The lowest BCUT2D eigenvalue weighted by Crippen LogP contribution is -2.21. The van der Waals surface area contributed by atoms with Crippen molar-refractivity contribution in [3.05, 3.63) is 11.6 Å². The zero-order valence-corrected chi connectivity index (χ0v) is 8.89. The average molecular weight is 181 g/mol. The zero-order chi connectivity index (χ0) is 9.52. The van der Waals surface area contributed by atoms with E-state index >= 15 is 0 Å². The molecule has 0 aromatic rings. The number of allylic oxidation sites excluding steroid dienone is 1. The van der Waals surface area contributed by atoms with Gasteiger partial charge >= 0.3 is 0 Å². The normalized spacial score (nSPS) is 18.8. The van der Waals surface area contributed by atoms with Crippen LogP contribution < -0.4 is 5.73 Å². The van der Waals surface area contributed by atoms with E-state index in [-0.39, 0.29) is 0 Å². The third kappa shape index (κ3) is 3.95. The first-order chi connectivity index (χ1) is 6.34. The van der Waals surface area contributed by atoms with Crippen molar-refractivity contribution in [3.63, 3.8) is 0 Å². The largest absolute Gasteiger partial charge is 0.324 e. The van der Waals surface area contributed by atoms with Crippen LogP contribution in [0.25, 0.3) is 0 Å². The molecule has 1 aliphatic carbocycles. The van der Waals surface area contributed by atoms with E-state index < -0.39 is 0 Å². The van der Waals surface area contributed by atoms with Gasteiger partial charge in [0, 0.05) is 6.04 Å². The first-order valence-electron chi connectivity index (χ1n) is 5.79. The molecule has 0 heterocycles. The third-order valence-electron chi connectivity index (χ3n) is 2.92. The van der Waals surface area contributed by atoms with Crippen LogP contribution in [0.15, 0.2) is 11.6 Å². The van der Waals surface area contributed by atoms with Crippen LogP contribution in [0.1, 0.15) is 58.3 Å². The van der Waals surface area contributed by atoms with Crippen LogP contribution in [0.4, 0.5) is 0 Å². The second-order valence-corrected chi connectivity index (χ2v) is 4.13. The standard InChI is InChI=1S/C12H23N/c1-2-3-4-5-10-12(13)11-8-6-7-9-11/h8,12H,2-7,9-10,13H2,1H3. The molecule has 0 radical (unpaired) electrons. The molecule has 0 saturated carbocycles. The number of rotatable bonds is 6. The van der Waals surface area contributed by atoms with Gasteiger partial charge in [-0.1, -0.05) is 44.3 Å². The van der Waals surface area contributed by atoms with Crippen LogP contribution >= 0.6 is 0 Å². The van der Waals surface area contributed by atoms with Gasteiger partial charge in [0.25, 0.3) is 0 Å². The molecule has 0 fully saturated rings. The van der Waals surface area contributed by atoms with Gasteiger partial charge in [0.1, 0.15) is 0 Å². The predicted molar refractivity (Wildman–Crippen MR) is 58.7 cm³/mol. The highest BCUT2D eigenvalue weighted by Gasteiger charge is 2.11. The fourth-order valence-electron chi connectivity index (χ4n) is 2.01. The van der Waals surface area contributed by atoms with Crippen molar-refractivity contribution in [1.82, 2.24) is 0 Å². The Kier molecular flexibility index (Phi) is 5.14. The Morgan fingerprint density at radius 1 is 1.38 bits per heavy atom. The van der Waals surface area contributed by atoms with Gasteiger partial charge in [0.15, 0.2) is 0 Å². The number of hydrogen-bond donors (Lipinski definition) is 1. The van der Waals surface area contributed by atoms with E-state index in [0.29, 0.717) is 6.04 Å². The average Bonchev–Trinajstić information content (AvgIpc) is 2.65. The molecule has 1 nitrogen and oxygen atoms in total. The van der Waals surface area contributed by atoms with Gasteiger partial charge in [-0.25, -0.2) is 0 Å². The molecule has 13 heavy (non-hydrogen) atoms. The summed E-state index contributed by atoms with van der Waals surface area (Å²) in [5, 5.41) is 0. The maximum absolute atomic E-state index is 6.09. The molecule has 1 heteroatoms. The summed E-state index contributed by atoms with van der Waals surface area (Å²) in [6.45, 7) is 2.25. The van der Waals surface area contributed by atoms with Gasteiger partial charge in [-0.2, -0.15) is 0 Å². The molecule has 1 aliphatic rings. The Morgan fingerprint density at radius 2 is 2.23 bits per heavy atom. The van der Waals surface area contributed by atoms with E-state index in [9.17, 15) is 0 Å². The van der Waals surface area contributed by atoms with E-state index in [1.54, 1.807) is 0 Å². The highest BCUT2D eigenvalue weighted by Crippen LogP contribution is 2.22. The summed E-state index contributed by atoms with van der Waals surface area (Å²) in [4.78, 5) is 0. The quantitative estimate of drug-likeness (QED) is 0.493. The second kappa shape index (κ2) is 6.20. The highest BCUT2D eigenvalue weighted by molar-refractivity contribution is 5.14. The Bertz CT molecular complexity index is 161. The minimum atomic E-state index is 0.374. The summed E-state index contributed by atoms with van der Waals surface area (Å²) in [6, 6.07) is 0.374. The first kappa shape index (κ1) is 10.8. The van der Waals surface area contributed by atoms with Crippen molar-refractivity contribution in [2.75, 3.05) is 0 Å². The van der Waals surface area contributed by atoms with Crippen molar-refractivity contribution >= 4 is 0 Å². The minimum absolute atomic E-state index is 0.374. The summed E-state index contributed by atoms with van der Waals surface area (Å²) >= 11 is 0. The maximum atomic E-state index is 6.09. The monoisotopic (exact) mass is 181 g/mol. The van der Waals surface area contributed by atoms with E-state index in [1.807, 2.05) is 0 Å². The number of nitrogens with two attached hydrogens (primary N) is 1. The molecule has 76 valence electrons. The summed E-state index contributed by atoms with van der Waals surface area (Å²) in [6.07, 6.45) is 12.8. The molecule has 1 atom stereocenters. The van der Waals surface area contributed by atoms with Crippen LogP contribution in [0, 0.1) is 0 Å². The molecule has 0 amide bonds. The van der Waals surface area contributed by atoms with Crippen LogP contribution in [-0.2, 0) is 0 Å². The Hall–Kier alpha value is -0.300. The molecule has 2 N–H and O–H groups in total. The topological polar surface area (TPSA) is 26.0 Å². The van der Waals surface area contributed by atoms with Crippen molar-refractivity contribution in [3.8, 4) is 0 Å². The van der Waals surface area contributed by atoms with E-state index in [1.165, 1.54) is 56.9 Å². The highest BCUT2D eigenvalue weighted by atomic mass is 14.6. The molecule has 1 rings (SSSR count). The molecule has 0 aromatic heterocycles. The van der Waals surface area contributed by atoms with Crippen molar-refractivity contribution in [2.45, 2.75) is 64.3 Å². The zero-order valence-electron chi connectivity index (χ0n) is 8.89. The predicted octanol–water partition coefficient (Wildman–Crippen LogP) is 3.39. The lowest BCUT2D eigenvalue weighted by molar-refractivity contribution is 0.580. The van der Waals surface area contributed by atoms with Gasteiger partial charge in [0.05, 0.1) is 0 Å². The number of hydrogen-bond acceptors (Lipinski definition) is 1. The lowest BCUT2D eigenvalue weighted by Gasteiger charge is -2.12. The third-order valence-corrected chi connectivity index (χ3v) is 2.92.